The van der Waals surface area contributed by atoms with Crippen LogP contribution in [0.5, 0.6) is 5.75 Å². The Hall–Kier alpha value is -1.39. The fourth-order valence-corrected chi connectivity index (χ4v) is 2.94. The first kappa shape index (κ1) is 15.0. The van der Waals surface area contributed by atoms with Crippen LogP contribution >= 0.6 is 0 Å². The largest absolute Gasteiger partial charge is 0.508 e. The Morgan fingerprint density at radius 2 is 2.05 bits per heavy atom. The van der Waals surface area contributed by atoms with Crippen LogP contribution < -0.4 is 0 Å². The minimum absolute atomic E-state index is 0.000763. The number of carbonyl (C=O) groups is 1. The molecule has 0 radical (unpaired) electrons. The Kier molecular flexibility index (Phi) is 5.15. The lowest BCUT2D eigenvalue weighted by Crippen LogP contribution is -2.35. The zero-order chi connectivity index (χ0) is 14.5. The molecule has 20 heavy (non-hydrogen) atoms. The first-order valence-corrected chi connectivity index (χ1v) is 7.29. The maximum atomic E-state index is 11.4. The van der Waals surface area contributed by atoms with E-state index in [0.29, 0.717) is 24.7 Å². The van der Waals surface area contributed by atoms with Crippen LogP contribution in [0.1, 0.15) is 48.5 Å². The molecular weight excluding hydrogens is 254 g/mol. The lowest BCUT2D eigenvalue weighted by Gasteiger charge is -2.28. The number of aliphatic hydroxyl groups excluding tert-OH is 1. The maximum Gasteiger partial charge on any atom is 0.159 e. The van der Waals surface area contributed by atoms with Gasteiger partial charge in [0, 0.05) is 30.3 Å². The van der Waals surface area contributed by atoms with E-state index in [1.54, 1.807) is 18.2 Å². The molecular formula is C16H23NO3. The maximum absolute atomic E-state index is 11.4. The van der Waals surface area contributed by atoms with Crippen LogP contribution in [0.3, 0.4) is 0 Å². The van der Waals surface area contributed by atoms with E-state index in [9.17, 15) is 15.0 Å². The normalized spacial score (nSPS) is 15.9. The highest BCUT2D eigenvalue weighted by Gasteiger charge is 2.23. The van der Waals surface area contributed by atoms with Gasteiger partial charge in [0.05, 0.1) is 6.61 Å². The molecule has 0 aliphatic heterocycles. The zero-order valence-corrected chi connectivity index (χ0v) is 12.0. The predicted octanol–water partition coefficient (Wildman–Crippen LogP) is 2.33. The molecule has 2 rings (SSSR count). The van der Waals surface area contributed by atoms with Crippen LogP contribution in [-0.2, 0) is 6.54 Å². The monoisotopic (exact) mass is 277 g/mol. The number of phenolic OH excluding ortho intramolecular Hbond substituents is 1. The fourth-order valence-electron chi connectivity index (χ4n) is 2.94. The van der Waals surface area contributed by atoms with Gasteiger partial charge in [-0.05, 0) is 38.0 Å². The Balaban J connectivity index is 2.16. The highest BCUT2D eigenvalue weighted by molar-refractivity contribution is 5.94. The molecule has 1 aromatic carbocycles. The van der Waals surface area contributed by atoms with Crippen LogP contribution in [0.4, 0.5) is 0 Å². The van der Waals surface area contributed by atoms with Crippen molar-refractivity contribution < 1.29 is 15.0 Å². The molecule has 0 bridgehead atoms. The van der Waals surface area contributed by atoms with E-state index >= 15 is 0 Å². The summed E-state index contributed by atoms with van der Waals surface area (Å²) in [5, 5.41) is 19.2. The zero-order valence-electron chi connectivity index (χ0n) is 12.0. The number of hydrogen-bond acceptors (Lipinski definition) is 4. The molecule has 0 amide bonds. The number of aliphatic hydroxyl groups is 1. The van der Waals surface area contributed by atoms with Crippen molar-refractivity contribution in [2.24, 2.45) is 0 Å². The Morgan fingerprint density at radius 3 is 2.65 bits per heavy atom. The van der Waals surface area contributed by atoms with E-state index in [0.717, 1.165) is 18.4 Å². The first-order chi connectivity index (χ1) is 9.61. The fraction of sp³-hybridized carbons (Fsp3) is 0.562. The molecule has 0 heterocycles. The van der Waals surface area contributed by atoms with E-state index in [1.165, 1.54) is 19.8 Å². The quantitative estimate of drug-likeness (QED) is 0.783. The molecule has 1 aromatic rings. The van der Waals surface area contributed by atoms with E-state index in [-0.39, 0.29) is 18.1 Å². The average molecular weight is 277 g/mol. The smallest absolute Gasteiger partial charge is 0.159 e. The molecule has 0 saturated heterocycles. The molecule has 110 valence electrons. The Morgan fingerprint density at radius 1 is 1.35 bits per heavy atom. The van der Waals surface area contributed by atoms with Crippen molar-refractivity contribution in [3.63, 3.8) is 0 Å². The highest BCUT2D eigenvalue weighted by Crippen LogP contribution is 2.27. The second kappa shape index (κ2) is 6.86. The molecule has 0 spiro atoms. The van der Waals surface area contributed by atoms with Gasteiger partial charge in [0.25, 0.3) is 0 Å². The van der Waals surface area contributed by atoms with E-state index in [2.05, 4.69) is 4.90 Å². The molecule has 4 nitrogen and oxygen atoms in total. The number of ketones is 1. The van der Waals surface area contributed by atoms with E-state index in [1.807, 2.05) is 0 Å². The number of benzene rings is 1. The minimum atomic E-state index is 0.000763. The summed E-state index contributed by atoms with van der Waals surface area (Å²) in [4.78, 5) is 13.7. The van der Waals surface area contributed by atoms with Gasteiger partial charge in [-0.25, -0.2) is 0 Å². The molecule has 1 saturated carbocycles. The lowest BCUT2D eigenvalue weighted by atomic mass is 10.1. The molecule has 1 fully saturated rings. The molecule has 2 N–H and O–H groups in total. The topological polar surface area (TPSA) is 60.8 Å². The third-order valence-corrected chi connectivity index (χ3v) is 4.09. The molecule has 1 aliphatic rings. The molecule has 0 atom stereocenters. The van der Waals surface area contributed by atoms with Crippen molar-refractivity contribution >= 4 is 5.78 Å². The van der Waals surface area contributed by atoms with Crippen LogP contribution in [0, 0.1) is 0 Å². The van der Waals surface area contributed by atoms with Gasteiger partial charge in [-0.15, -0.1) is 0 Å². The summed E-state index contributed by atoms with van der Waals surface area (Å²) in [5.74, 6) is 0.219. The van der Waals surface area contributed by atoms with Crippen LogP contribution in [0.2, 0.25) is 0 Å². The van der Waals surface area contributed by atoms with Crippen LogP contribution in [0.15, 0.2) is 18.2 Å². The summed E-state index contributed by atoms with van der Waals surface area (Å²) in [5.41, 5.74) is 1.38. The Labute approximate surface area is 120 Å². The number of hydrogen-bond donors (Lipinski definition) is 2. The van der Waals surface area contributed by atoms with Crippen molar-refractivity contribution in [2.45, 2.75) is 45.2 Å². The van der Waals surface area contributed by atoms with E-state index < -0.39 is 0 Å². The summed E-state index contributed by atoms with van der Waals surface area (Å²) in [6, 6.07) is 5.46. The van der Waals surface area contributed by atoms with Crippen molar-refractivity contribution in [3.8, 4) is 5.75 Å². The number of rotatable bonds is 6. The van der Waals surface area contributed by atoms with Gasteiger partial charge < -0.3 is 10.2 Å². The van der Waals surface area contributed by atoms with Crippen molar-refractivity contribution in [1.29, 1.82) is 0 Å². The number of aromatic hydroxyl groups is 1. The average Bonchev–Trinajstić information content (AvgIpc) is 2.94. The van der Waals surface area contributed by atoms with Crippen molar-refractivity contribution in [1.82, 2.24) is 4.90 Å². The SMILES string of the molecule is CC(=O)c1ccc(O)c(CN(CCO)C2CCCC2)c1. The standard InChI is InChI=1S/C16H23NO3/c1-12(19)13-6-7-16(20)14(10-13)11-17(8-9-18)15-4-2-3-5-15/h6-7,10,15,18,20H,2-5,8-9,11H2,1H3. The third kappa shape index (κ3) is 3.58. The third-order valence-electron chi connectivity index (χ3n) is 4.09. The summed E-state index contributed by atoms with van der Waals surface area (Å²) in [6.07, 6.45) is 4.75. The summed E-state index contributed by atoms with van der Waals surface area (Å²) in [6.45, 7) is 2.83. The number of carbonyl (C=O) groups excluding carboxylic acids is 1. The Bertz CT molecular complexity index is 467. The van der Waals surface area contributed by atoms with Gasteiger partial charge >= 0.3 is 0 Å². The molecule has 0 aromatic heterocycles. The molecule has 0 unspecified atom stereocenters. The van der Waals surface area contributed by atoms with Gasteiger partial charge in [0.15, 0.2) is 5.78 Å². The number of phenols is 1. The lowest BCUT2D eigenvalue weighted by molar-refractivity contribution is 0.101. The second-order valence-corrected chi connectivity index (χ2v) is 5.53. The van der Waals surface area contributed by atoms with Crippen molar-refractivity contribution in [3.05, 3.63) is 29.3 Å². The van der Waals surface area contributed by atoms with Gasteiger partial charge in [-0.2, -0.15) is 0 Å². The second-order valence-electron chi connectivity index (χ2n) is 5.53. The van der Waals surface area contributed by atoms with Crippen molar-refractivity contribution in [2.75, 3.05) is 13.2 Å². The first-order valence-electron chi connectivity index (χ1n) is 7.29. The van der Waals surface area contributed by atoms with Gasteiger partial charge in [-0.3, -0.25) is 9.69 Å². The number of Topliss-reactive ketones (excluding diaryl/α,β-unsaturated/α-hetero) is 1. The van der Waals surface area contributed by atoms with Crippen LogP contribution in [0.25, 0.3) is 0 Å². The van der Waals surface area contributed by atoms with E-state index in [4.69, 9.17) is 0 Å². The summed E-state index contributed by atoms with van der Waals surface area (Å²) in [7, 11) is 0. The van der Waals surface area contributed by atoms with Gasteiger partial charge in [0.1, 0.15) is 5.75 Å². The van der Waals surface area contributed by atoms with Crippen LogP contribution in [-0.4, -0.2) is 40.1 Å². The molecule has 1 aliphatic carbocycles. The summed E-state index contributed by atoms with van der Waals surface area (Å²) >= 11 is 0. The highest BCUT2D eigenvalue weighted by atomic mass is 16.3. The van der Waals surface area contributed by atoms with Gasteiger partial charge in [-0.1, -0.05) is 12.8 Å². The molecule has 4 heteroatoms. The minimum Gasteiger partial charge on any atom is -0.508 e. The predicted molar refractivity (Wildman–Crippen MR) is 77.9 cm³/mol. The number of nitrogens with zero attached hydrogens (tertiary/aromatic N) is 1. The summed E-state index contributed by atoms with van der Waals surface area (Å²) < 4.78 is 0. The van der Waals surface area contributed by atoms with Gasteiger partial charge in [0.2, 0.25) is 0 Å².